The van der Waals surface area contributed by atoms with Crippen LogP contribution in [0.3, 0.4) is 0 Å². The van der Waals surface area contributed by atoms with Crippen molar-refractivity contribution < 1.29 is 14.3 Å². The van der Waals surface area contributed by atoms with Crippen molar-refractivity contribution in [1.29, 1.82) is 5.26 Å². The Morgan fingerprint density at radius 3 is 2.65 bits per heavy atom. The summed E-state index contributed by atoms with van der Waals surface area (Å²) < 4.78 is 10.3. The number of likely N-dealkylation sites (N-methyl/N-ethyl adjacent to an activating group) is 1. The van der Waals surface area contributed by atoms with Crippen LogP contribution in [-0.2, 0) is 4.79 Å². The van der Waals surface area contributed by atoms with E-state index in [0.29, 0.717) is 30.2 Å². The number of nitrogens with zero attached hydrogens (tertiary/aromatic N) is 2. The van der Waals surface area contributed by atoms with Gasteiger partial charge in [-0.2, -0.15) is 5.26 Å². The highest BCUT2D eigenvalue weighted by Crippen LogP contribution is 2.29. The van der Waals surface area contributed by atoms with Gasteiger partial charge in [0, 0.05) is 24.7 Å². The lowest BCUT2D eigenvalue weighted by Gasteiger charge is -2.15. The molecule has 0 saturated carbocycles. The molecule has 1 rings (SSSR count). The van der Waals surface area contributed by atoms with E-state index in [9.17, 15) is 4.79 Å². The Kier molecular flexibility index (Phi) is 6.33. The van der Waals surface area contributed by atoms with Crippen molar-refractivity contribution in [2.45, 2.75) is 6.42 Å². The molecule has 1 N–H and O–H groups in total. The molecule has 0 spiro atoms. The van der Waals surface area contributed by atoms with E-state index in [0.717, 1.165) is 0 Å². The summed E-state index contributed by atoms with van der Waals surface area (Å²) in [6.07, 6.45) is 0.403. The van der Waals surface area contributed by atoms with Crippen LogP contribution in [0.5, 0.6) is 11.5 Å². The van der Waals surface area contributed by atoms with Gasteiger partial charge >= 0.3 is 0 Å². The van der Waals surface area contributed by atoms with Gasteiger partial charge in [0.05, 0.1) is 26.8 Å². The first-order valence-electron chi connectivity index (χ1n) is 6.18. The standard InChI is InChI=1S/C14H19N3O3/c1-17(8-4-7-15)10-14(18)16-11-5-6-12(19-2)13(9-11)20-3/h5-6,9H,4,8,10H2,1-3H3,(H,16,18). The van der Waals surface area contributed by atoms with Crippen LogP contribution in [0.2, 0.25) is 0 Å². The van der Waals surface area contributed by atoms with Gasteiger partial charge in [-0.1, -0.05) is 0 Å². The molecule has 20 heavy (non-hydrogen) atoms. The monoisotopic (exact) mass is 277 g/mol. The van der Waals surface area contributed by atoms with Crippen LogP contribution >= 0.6 is 0 Å². The Morgan fingerprint density at radius 1 is 1.35 bits per heavy atom. The van der Waals surface area contributed by atoms with Crippen LogP contribution in [0.15, 0.2) is 18.2 Å². The minimum absolute atomic E-state index is 0.141. The largest absolute Gasteiger partial charge is 0.493 e. The molecule has 1 aromatic rings. The number of hydrogen-bond donors (Lipinski definition) is 1. The molecule has 6 heteroatoms. The fourth-order valence-corrected chi connectivity index (χ4v) is 1.68. The Hall–Kier alpha value is -2.26. The highest BCUT2D eigenvalue weighted by molar-refractivity contribution is 5.92. The van der Waals surface area contributed by atoms with Gasteiger partial charge in [0.2, 0.25) is 5.91 Å². The van der Waals surface area contributed by atoms with E-state index in [1.807, 2.05) is 6.07 Å². The second kappa shape index (κ2) is 8.02. The number of anilines is 1. The second-order valence-corrected chi connectivity index (χ2v) is 4.26. The Morgan fingerprint density at radius 2 is 2.05 bits per heavy atom. The normalized spacial score (nSPS) is 9.95. The zero-order valence-corrected chi connectivity index (χ0v) is 12.0. The number of carbonyl (C=O) groups is 1. The van der Waals surface area contributed by atoms with Crippen molar-refractivity contribution in [1.82, 2.24) is 4.90 Å². The predicted octanol–water partition coefficient (Wildman–Crippen LogP) is 1.49. The van der Waals surface area contributed by atoms with Crippen molar-refractivity contribution in [3.05, 3.63) is 18.2 Å². The molecule has 0 bridgehead atoms. The third-order valence-corrected chi connectivity index (χ3v) is 2.69. The topological polar surface area (TPSA) is 74.6 Å². The molecule has 0 saturated heterocycles. The average Bonchev–Trinajstić information content (AvgIpc) is 2.44. The molecule has 0 aliphatic rings. The zero-order valence-electron chi connectivity index (χ0n) is 12.0. The zero-order chi connectivity index (χ0) is 15.0. The number of nitrogens with one attached hydrogen (secondary N) is 1. The minimum Gasteiger partial charge on any atom is -0.493 e. The summed E-state index contributed by atoms with van der Waals surface area (Å²) in [5.74, 6) is 1.03. The van der Waals surface area contributed by atoms with Gasteiger partial charge in [0.1, 0.15) is 0 Å². The Labute approximate surface area is 118 Å². The van der Waals surface area contributed by atoms with Gasteiger partial charge in [-0.3, -0.25) is 9.69 Å². The molecule has 0 heterocycles. The fourth-order valence-electron chi connectivity index (χ4n) is 1.68. The second-order valence-electron chi connectivity index (χ2n) is 4.26. The van der Waals surface area contributed by atoms with Crippen LogP contribution in [0.25, 0.3) is 0 Å². The third kappa shape index (κ3) is 4.78. The number of benzene rings is 1. The number of rotatable bonds is 7. The van der Waals surface area contributed by atoms with Gasteiger partial charge in [-0.15, -0.1) is 0 Å². The van der Waals surface area contributed by atoms with Crippen molar-refractivity contribution in [2.24, 2.45) is 0 Å². The summed E-state index contributed by atoms with van der Waals surface area (Å²) in [7, 11) is 4.89. The number of carbonyl (C=O) groups excluding carboxylic acids is 1. The lowest BCUT2D eigenvalue weighted by atomic mass is 10.2. The van der Waals surface area contributed by atoms with Gasteiger partial charge < -0.3 is 14.8 Å². The van der Waals surface area contributed by atoms with Crippen LogP contribution in [-0.4, -0.2) is 45.2 Å². The molecule has 0 fully saturated rings. The van der Waals surface area contributed by atoms with E-state index in [1.165, 1.54) is 0 Å². The van der Waals surface area contributed by atoms with E-state index in [-0.39, 0.29) is 12.5 Å². The van der Waals surface area contributed by atoms with Crippen molar-refractivity contribution in [2.75, 3.05) is 39.7 Å². The fraction of sp³-hybridized carbons (Fsp3) is 0.429. The molecular weight excluding hydrogens is 258 g/mol. The number of ether oxygens (including phenoxy) is 2. The van der Waals surface area contributed by atoms with Gasteiger partial charge in [0.25, 0.3) is 0 Å². The number of hydrogen-bond acceptors (Lipinski definition) is 5. The van der Waals surface area contributed by atoms with E-state index in [2.05, 4.69) is 5.32 Å². The van der Waals surface area contributed by atoms with Gasteiger partial charge in [0.15, 0.2) is 11.5 Å². The maximum atomic E-state index is 11.8. The van der Waals surface area contributed by atoms with Crippen molar-refractivity contribution in [3.8, 4) is 17.6 Å². The van der Waals surface area contributed by atoms with E-state index < -0.39 is 0 Å². The predicted molar refractivity (Wildman–Crippen MR) is 75.9 cm³/mol. The van der Waals surface area contributed by atoms with Gasteiger partial charge in [-0.25, -0.2) is 0 Å². The third-order valence-electron chi connectivity index (χ3n) is 2.69. The summed E-state index contributed by atoms with van der Waals surface area (Å²) in [6, 6.07) is 7.22. The number of amides is 1. The molecule has 0 unspecified atom stereocenters. The van der Waals surface area contributed by atoms with E-state index >= 15 is 0 Å². The first-order valence-corrected chi connectivity index (χ1v) is 6.18. The molecule has 108 valence electrons. The van der Waals surface area contributed by atoms with Crippen LogP contribution in [0, 0.1) is 11.3 Å². The molecule has 0 radical (unpaired) electrons. The molecule has 0 aliphatic heterocycles. The highest BCUT2D eigenvalue weighted by atomic mass is 16.5. The van der Waals surface area contributed by atoms with Crippen molar-refractivity contribution in [3.63, 3.8) is 0 Å². The smallest absolute Gasteiger partial charge is 0.238 e. The van der Waals surface area contributed by atoms with Crippen molar-refractivity contribution >= 4 is 11.6 Å². The molecular formula is C14H19N3O3. The summed E-state index contributed by atoms with van der Waals surface area (Å²) in [6.45, 7) is 0.797. The maximum absolute atomic E-state index is 11.8. The van der Waals surface area contributed by atoms with Crippen LogP contribution < -0.4 is 14.8 Å². The Balaban J connectivity index is 2.60. The first kappa shape index (κ1) is 15.8. The molecule has 0 atom stereocenters. The minimum atomic E-state index is -0.141. The summed E-state index contributed by atoms with van der Waals surface area (Å²) >= 11 is 0. The molecule has 0 aliphatic carbocycles. The summed E-state index contributed by atoms with van der Waals surface area (Å²) in [5, 5.41) is 11.3. The summed E-state index contributed by atoms with van der Waals surface area (Å²) in [5.41, 5.74) is 0.640. The first-order chi connectivity index (χ1) is 9.60. The number of methoxy groups -OCH3 is 2. The SMILES string of the molecule is COc1ccc(NC(=O)CN(C)CCC#N)cc1OC. The van der Waals surface area contributed by atoms with E-state index in [4.69, 9.17) is 14.7 Å². The number of nitriles is 1. The lowest BCUT2D eigenvalue weighted by molar-refractivity contribution is -0.117. The van der Waals surface area contributed by atoms with Crippen LogP contribution in [0.4, 0.5) is 5.69 Å². The maximum Gasteiger partial charge on any atom is 0.238 e. The van der Waals surface area contributed by atoms with Crippen LogP contribution in [0.1, 0.15) is 6.42 Å². The molecule has 1 amide bonds. The highest BCUT2D eigenvalue weighted by Gasteiger charge is 2.09. The van der Waals surface area contributed by atoms with Gasteiger partial charge in [-0.05, 0) is 19.2 Å². The quantitative estimate of drug-likeness (QED) is 0.817. The Bertz CT molecular complexity index is 497. The molecule has 0 aromatic heterocycles. The lowest BCUT2D eigenvalue weighted by Crippen LogP contribution is -2.30. The average molecular weight is 277 g/mol. The molecule has 1 aromatic carbocycles. The van der Waals surface area contributed by atoms with E-state index in [1.54, 1.807) is 44.4 Å². The summed E-state index contributed by atoms with van der Waals surface area (Å²) in [4.78, 5) is 13.6. The molecule has 6 nitrogen and oxygen atoms in total.